The van der Waals surface area contributed by atoms with E-state index in [2.05, 4.69) is 26.5 Å². The molecule has 0 saturated heterocycles. The largest absolute Gasteiger partial charge is 0.263 e. The van der Waals surface area contributed by atoms with Crippen molar-refractivity contribution in [1.82, 2.24) is 19.9 Å². The molecule has 0 radical (unpaired) electrons. The van der Waals surface area contributed by atoms with Gasteiger partial charge in [-0.2, -0.15) is 5.10 Å². The lowest BCUT2D eigenvalue weighted by molar-refractivity contribution is 0.584. The maximum Gasteiger partial charge on any atom is 0.215 e. The van der Waals surface area contributed by atoms with E-state index < -0.39 is 10.0 Å². The summed E-state index contributed by atoms with van der Waals surface area (Å²) in [6.07, 6.45) is 3.22. The molecule has 0 saturated carbocycles. The average Bonchev–Trinajstić information content (AvgIpc) is 2.56. The lowest BCUT2D eigenvalue weighted by Gasteiger charge is -2.01. The van der Waals surface area contributed by atoms with Crippen LogP contribution >= 0.6 is 0 Å². The number of hydrogen-bond acceptors (Lipinski definition) is 4. The summed E-state index contributed by atoms with van der Waals surface area (Å²) in [7, 11) is -3.21. The minimum Gasteiger partial charge on any atom is -0.263 e. The van der Waals surface area contributed by atoms with E-state index in [1.165, 1.54) is 12.4 Å². The number of H-pyrrole nitrogens is 1. The fourth-order valence-electron chi connectivity index (χ4n) is 0.890. The van der Waals surface area contributed by atoms with Crippen LogP contribution in [0.2, 0.25) is 0 Å². The molecule has 78 valence electrons. The second-order valence-corrected chi connectivity index (χ2v) is 4.50. The van der Waals surface area contributed by atoms with E-state index in [1.54, 1.807) is 0 Å². The maximum atomic E-state index is 11.1. The Morgan fingerprint density at radius 3 is 3.00 bits per heavy atom. The Kier molecular flexibility index (Phi) is 3.78. The van der Waals surface area contributed by atoms with Gasteiger partial charge >= 0.3 is 0 Å². The SMILES string of the molecule is C=CCS(=O)(=O)NCCc1ncn[nH]1. The van der Waals surface area contributed by atoms with Crippen LogP contribution in [0.1, 0.15) is 5.82 Å². The first-order valence-electron chi connectivity index (χ1n) is 4.06. The van der Waals surface area contributed by atoms with Crippen molar-refractivity contribution in [3.63, 3.8) is 0 Å². The van der Waals surface area contributed by atoms with Gasteiger partial charge < -0.3 is 0 Å². The minimum absolute atomic E-state index is 0.0661. The van der Waals surface area contributed by atoms with Gasteiger partial charge in [0.2, 0.25) is 10.0 Å². The molecule has 0 aliphatic carbocycles. The molecular weight excluding hydrogens is 204 g/mol. The highest BCUT2D eigenvalue weighted by Crippen LogP contribution is 1.88. The average molecular weight is 216 g/mol. The van der Waals surface area contributed by atoms with Crippen LogP contribution in [0.15, 0.2) is 19.0 Å². The van der Waals surface area contributed by atoms with Crippen molar-refractivity contribution in [2.45, 2.75) is 6.42 Å². The highest BCUT2D eigenvalue weighted by Gasteiger charge is 2.06. The van der Waals surface area contributed by atoms with Crippen LogP contribution in [0.25, 0.3) is 0 Å². The third kappa shape index (κ3) is 3.67. The lowest BCUT2D eigenvalue weighted by Crippen LogP contribution is -2.27. The number of aromatic amines is 1. The third-order valence-electron chi connectivity index (χ3n) is 1.49. The van der Waals surface area contributed by atoms with Crippen LogP contribution in [0, 0.1) is 0 Å². The minimum atomic E-state index is -3.21. The van der Waals surface area contributed by atoms with Gasteiger partial charge in [-0.1, -0.05) is 6.08 Å². The van der Waals surface area contributed by atoms with Gasteiger partial charge in [0.1, 0.15) is 12.2 Å². The van der Waals surface area contributed by atoms with Gasteiger partial charge in [0.25, 0.3) is 0 Å². The number of aromatic nitrogens is 3. The van der Waals surface area contributed by atoms with Gasteiger partial charge in [-0.05, 0) is 0 Å². The van der Waals surface area contributed by atoms with E-state index in [9.17, 15) is 8.42 Å². The normalized spacial score (nSPS) is 11.4. The van der Waals surface area contributed by atoms with Crippen molar-refractivity contribution >= 4 is 10.0 Å². The summed E-state index contributed by atoms with van der Waals surface area (Å²) in [5.74, 6) is 0.593. The summed E-state index contributed by atoms with van der Waals surface area (Å²) in [6.45, 7) is 3.67. The van der Waals surface area contributed by atoms with Crippen LogP contribution in [-0.4, -0.2) is 35.9 Å². The molecule has 0 amide bonds. The summed E-state index contributed by atoms with van der Waals surface area (Å²) < 4.78 is 24.7. The molecule has 0 unspecified atom stereocenters. The second kappa shape index (κ2) is 4.87. The third-order valence-corrected chi connectivity index (χ3v) is 2.80. The van der Waals surface area contributed by atoms with Gasteiger partial charge in [-0.25, -0.2) is 18.1 Å². The lowest BCUT2D eigenvalue weighted by atomic mass is 10.4. The molecule has 1 heterocycles. The Morgan fingerprint density at radius 1 is 1.64 bits per heavy atom. The van der Waals surface area contributed by atoms with Crippen LogP contribution in [0.4, 0.5) is 0 Å². The van der Waals surface area contributed by atoms with Crippen molar-refractivity contribution in [2.75, 3.05) is 12.3 Å². The smallest absolute Gasteiger partial charge is 0.215 e. The topological polar surface area (TPSA) is 87.7 Å². The number of hydrogen-bond donors (Lipinski definition) is 2. The zero-order valence-electron chi connectivity index (χ0n) is 7.60. The molecule has 0 aliphatic rings. The molecule has 0 bridgehead atoms. The molecule has 1 aromatic rings. The Balaban J connectivity index is 2.31. The Labute approximate surface area is 82.5 Å². The van der Waals surface area contributed by atoms with E-state index in [1.807, 2.05) is 0 Å². The van der Waals surface area contributed by atoms with Crippen molar-refractivity contribution < 1.29 is 8.42 Å². The molecule has 0 aliphatic heterocycles. The zero-order chi connectivity index (χ0) is 10.4. The monoisotopic (exact) mass is 216 g/mol. The summed E-state index contributed by atoms with van der Waals surface area (Å²) in [6, 6.07) is 0. The Morgan fingerprint density at radius 2 is 2.43 bits per heavy atom. The second-order valence-electron chi connectivity index (χ2n) is 2.65. The van der Waals surface area contributed by atoms with E-state index in [0.717, 1.165) is 0 Å². The first kappa shape index (κ1) is 10.9. The van der Waals surface area contributed by atoms with Crippen LogP contribution in [0.5, 0.6) is 0 Å². The van der Waals surface area contributed by atoms with Crippen LogP contribution in [-0.2, 0) is 16.4 Å². The van der Waals surface area contributed by atoms with Gasteiger partial charge in [-0.3, -0.25) is 5.10 Å². The molecule has 1 aromatic heterocycles. The molecule has 0 atom stereocenters. The zero-order valence-corrected chi connectivity index (χ0v) is 8.42. The molecule has 0 aromatic carbocycles. The van der Waals surface area contributed by atoms with E-state index in [4.69, 9.17) is 0 Å². The fourth-order valence-corrected chi connectivity index (χ4v) is 1.73. The maximum absolute atomic E-state index is 11.1. The molecular formula is C7H12N4O2S. The molecule has 14 heavy (non-hydrogen) atoms. The standard InChI is InChI=1S/C7H12N4O2S/c1-2-5-14(12,13)10-4-3-7-8-6-9-11-7/h2,6,10H,1,3-5H2,(H,8,9,11). The van der Waals surface area contributed by atoms with E-state index in [0.29, 0.717) is 18.8 Å². The van der Waals surface area contributed by atoms with Crippen molar-refractivity contribution in [3.8, 4) is 0 Å². The van der Waals surface area contributed by atoms with Gasteiger partial charge in [0.15, 0.2) is 0 Å². The number of rotatable bonds is 6. The molecule has 0 spiro atoms. The molecule has 1 rings (SSSR count). The highest BCUT2D eigenvalue weighted by atomic mass is 32.2. The first-order chi connectivity index (χ1) is 6.64. The summed E-state index contributed by atoms with van der Waals surface area (Å²) in [4.78, 5) is 3.86. The number of sulfonamides is 1. The predicted octanol–water partition coefficient (Wildman–Crippen LogP) is -0.547. The summed E-state index contributed by atoms with van der Waals surface area (Å²) >= 11 is 0. The number of nitrogens with zero attached hydrogens (tertiary/aromatic N) is 2. The first-order valence-corrected chi connectivity index (χ1v) is 5.72. The van der Waals surface area contributed by atoms with Crippen molar-refractivity contribution in [2.24, 2.45) is 0 Å². The van der Waals surface area contributed by atoms with Gasteiger partial charge in [-0.15, -0.1) is 6.58 Å². The highest BCUT2D eigenvalue weighted by molar-refractivity contribution is 7.89. The van der Waals surface area contributed by atoms with Crippen molar-refractivity contribution in [3.05, 3.63) is 24.8 Å². The Bertz CT molecular complexity index is 370. The fraction of sp³-hybridized carbons (Fsp3) is 0.429. The van der Waals surface area contributed by atoms with Gasteiger partial charge in [0, 0.05) is 13.0 Å². The molecule has 2 N–H and O–H groups in total. The quantitative estimate of drug-likeness (QED) is 0.625. The van der Waals surface area contributed by atoms with E-state index >= 15 is 0 Å². The Hall–Kier alpha value is -1.21. The summed E-state index contributed by atoms with van der Waals surface area (Å²) in [5, 5.41) is 6.28. The molecule has 0 fully saturated rings. The molecule has 6 nitrogen and oxygen atoms in total. The predicted molar refractivity (Wildman–Crippen MR) is 52.1 cm³/mol. The number of nitrogens with one attached hydrogen (secondary N) is 2. The molecule has 7 heteroatoms. The van der Waals surface area contributed by atoms with Crippen molar-refractivity contribution in [1.29, 1.82) is 0 Å². The van der Waals surface area contributed by atoms with Gasteiger partial charge in [0.05, 0.1) is 5.75 Å². The summed E-state index contributed by atoms with van der Waals surface area (Å²) in [5.41, 5.74) is 0. The van der Waals surface area contributed by atoms with E-state index in [-0.39, 0.29) is 5.75 Å². The van der Waals surface area contributed by atoms with Crippen LogP contribution in [0.3, 0.4) is 0 Å². The van der Waals surface area contributed by atoms with Crippen LogP contribution < -0.4 is 4.72 Å².